The zero-order valence-corrected chi connectivity index (χ0v) is 8.60. The zero-order chi connectivity index (χ0) is 11.6. The van der Waals surface area contributed by atoms with Crippen molar-refractivity contribution in [2.75, 3.05) is 0 Å². The minimum Gasteiger partial charge on any atom is -0.481 e. The molecule has 0 aliphatic carbocycles. The molecule has 15 heavy (non-hydrogen) atoms. The van der Waals surface area contributed by atoms with Gasteiger partial charge in [-0.1, -0.05) is 0 Å². The highest BCUT2D eigenvalue weighted by atomic mass is 19.1. The molecule has 0 spiro atoms. The first-order valence-corrected chi connectivity index (χ1v) is 4.59. The summed E-state index contributed by atoms with van der Waals surface area (Å²) in [6.45, 7) is 2.89. The molecular formula is C11H12F2O2. The molecule has 0 aliphatic rings. The normalized spacial score (nSPS) is 10.4. The van der Waals surface area contributed by atoms with Crippen molar-refractivity contribution in [3.8, 4) is 0 Å². The first-order chi connectivity index (χ1) is 6.93. The number of carboxylic acid groups (broad SMARTS) is 1. The van der Waals surface area contributed by atoms with Crippen LogP contribution in [0.3, 0.4) is 0 Å². The van der Waals surface area contributed by atoms with E-state index < -0.39 is 17.6 Å². The van der Waals surface area contributed by atoms with Gasteiger partial charge in [0.1, 0.15) is 11.6 Å². The van der Waals surface area contributed by atoms with Gasteiger partial charge in [0, 0.05) is 12.0 Å². The van der Waals surface area contributed by atoms with Crippen molar-refractivity contribution in [2.45, 2.75) is 26.7 Å². The van der Waals surface area contributed by atoms with Crippen LogP contribution < -0.4 is 0 Å². The third kappa shape index (κ3) is 2.52. The average molecular weight is 214 g/mol. The summed E-state index contributed by atoms with van der Waals surface area (Å²) in [5.41, 5.74) is 0.722. The summed E-state index contributed by atoms with van der Waals surface area (Å²) >= 11 is 0. The highest BCUT2D eigenvalue weighted by molar-refractivity contribution is 5.67. The molecule has 0 unspecified atom stereocenters. The lowest BCUT2D eigenvalue weighted by molar-refractivity contribution is -0.136. The molecule has 2 nitrogen and oxygen atoms in total. The molecule has 0 amide bonds. The Bertz CT molecular complexity index is 400. The van der Waals surface area contributed by atoms with Crippen molar-refractivity contribution in [3.05, 3.63) is 34.4 Å². The maximum absolute atomic E-state index is 13.4. The van der Waals surface area contributed by atoms with E-state index in [1.807, 2.05) is 0 Å². The lowest BCUT2D eigenvalue weighted by atomic mass is 10.0. The van der Waals surface area contributed by atoms with Crippen molar-refractivity contribution < 1.29 is 18.7 Å². The van der Waals surface area contributed by atoms with E-state index in [4.69, 9.17) is 5.11 Å². The summed E-state index contributed by atoms with van der Waals surface area (Å²) in [7, 11) is 0. The van der Waals surface area contributed by atoms with Gasteiger partial charge < -0.3 is 5.11 Å². The van der Waals surface area contributed by atoms with Gasteiger partial charge in [0.15, 0.2) is 0 Å². The van der Waals surface area contributed by atoms with Crippen LogP contribution in [0.25, 0.3) is 0 Å². The van der Waals surface area contributed by atoms with E-state index in [1.54, 1.807) is 0 Å². The molecule has 1 rings (SSSR count). The smallest absolute Gasteiger partial charge is 0.303 e. The van der Waals surface area contributed by atoms with Crippen LogP contribution >= 0.6 is 0 Å². The molecule has 0 bridgehead atoms. The molecule has 1 aromatic rings. The molecular weight excluding hydrogens is 202 g/mol. The zero-order valence-electron chi connectivity index (χ0n) is 8.60. The highest BCUT2D eigenvalue weighted by Crippen LogP contribution is 2.20. The molecule has 4 heteroatoms. The topological polar surface area (TPSA) is 37.3 Å². The lowest BCUT2D eigenvalue weighted by Gasteiger charge is -2.08. The minimum absolute atomic E-state index is 0.0217. The van der Waals surface area contributed by atoms with Crippen LogP contribution in [0.4, 0.5) is 8.78 Å². The average Bonchev–Trinajstić information content (AvgIpc) is 2.18. The van der Waals surface area contributed by atoms with Gasteiger partial charge in [0.25, 0.3) is 0 Å². The largest absolute Gasteiger partial charge is 0.481 e. The van der Waals surface area contributed by atoms with Crippen LogP contribution in [-0.2, 0) is 11.2 Å². The fourth-order valence-corrected chi connectivity index (χ4v) is 1.40. The van der Waals surface area contributed by atoms with Crippen LogP contribution in [0.2, 0.25) is 0 Å². The van der Waals surface area contributed by atoms with E-state index >= 15 is 0 Å². The SMILES string of the molecule is Cc1c(F)cc(CCC(=O)O)c(C)c1F. The number of aryl methyl sites for hydroxylation is 1. The standard InChI is InChI=1S/C11H12F2O2/c1-6-8(3-4-10(14)15)5-9(12)7(2)11(6)13/h5H,3-4H2,1-2H3,(H,14,15). The van der Waals surface area contributed by atoms with E-state index in [-0.39, 0.29) is 18.4 Å². The predicted octanol–water partition coefficient (Wildman–Crippen LogP) is 2.60. The molecule has 0 heterocycles. The summed E-state index contributed by atoms with van der Waals surface area (Å²) in [5, 5.41) is 8.47. The van der Waals surface area contributed by atoms with Gasteiger partial charge in [0.2, 0.25) is 0 Å². The second-order valence-corrected chi connectivity index (χ2v) is 3.48. The molecule has 82 valence electrons. The predicted molar refractivity (Wildman–Crippen MR) is 51.8 cm³/mol. The first-order valence-electron chi connectivity index (χ1n) is 4.59. The molecule has 0 saturated heterocycles. The van der Waals surface area contributed by atoms with Gasteiger partial charge in [-0.2, -0.15) is 0 Å². The maximum atomic E-state index is 13.4. The summed E-state index contributed by atoms with van der Waals surface area (Å²) in [4.78, 5) is 10.3. The Hall–Kier alpha value is -1.45. The van der Waals surface area contributed by atoms with Crippen LogP contribution in [0.5, 0.6) is 0 Å². The van der Waals surface area contributed by atoms with Crippen LogP contribution in [0.15, 0.2) is 6.07 Å². The molecule has 1 aromatic carbocycles. The van der Waals surface area contributed by atoms with Crippen LogP contribution in [0, 0.1) is 25.5 Å². The van der Waals surface area contributed by atoms with E-state index in [0.717, 1.165) is 0 Å². The lowest BCUT2D eigenvalue weighted by Crippen LogP contribution is -2.03. The number of hydrogen-bond acceptors (Lipinski definition) is 1. The number of rotatable bonds is 3. The minimum atomic E-state index is -0.976. The fourth-order valence-electron chi connectivity index (χ4n) is 1.40. The van der Waals surface area contributed by atoms with E-state index in [2.05, 4.69) is 0 Å². The van der Waals surface area contributed by atoms with E-state index in [9.17, 15) is 13.6 Å². The van der Waals surface area contributed by atoms with Crippen molar-refractivity contribution in [1.29, 1.82) is 0 Å². The number of carbonyl (C=O) groups is 1. The first kappa shape index (κ1) is 11.6. The maximum Gasteiger partial charge on any atom is 0.303 e. The second-order valence-electron chi connectivity index (χ2n) is 3.48. The Kier molecular flexibility index (Phi) is 3.39. The molecule has 0 aliphatic heterocycles. The van der Waals surface area contributed by atoms with Crippen molar-refractivity contribution >= 4 is 5.97 Å². The van der Waals surface area contributed by atoms with E-state index in [1.165, 1.54) is 19.9 Å². The Morgan fingerprint density at radius 1 is 1.33 bits per heavy atom. The van der Waals surface area contributed by atoms with Gasteiger partial charge in [-0.15, -0.1) is 0 Å². The van der Waals surface area contributed by atoms with Crippen molar-refractivity contribution in [1.82, 2.24) is 0 Å². The highest BCUT2D eigenvalue weighted by Gasteiger charge is 2.12. The number of hydrogen-bond donors (Lipinski definition) is 1. The number of aliphatic carboxylic acids is 1. The van der Waals surface area contributed by atoms with Gasteiger partial charge >= 0.3 is 5.97 Å². The van der Waals surface area contributed by atoms with Gasteiger partial charge in [0.05, 0.1) is 0 Å². The summed E-state index contributed by atoms with van der Waals surface area (Å²) in [6, 6.07) is 1.21. The summed E-state index contributed by atoms with van der Waals surface area (Å²) < 4.78 is 26.5. The molecule has 0 atom stereocenters. The second kappa shape index (κ2) is 4.38. The fraction of sp³-hybridized carbons (Fsp3) is 0.364. The van der Waals surface area contributed by atoms with Gasteiger partial charge in [-0.25, -0.2) is 8.78 Å². The Morgan fingerprint density at radius 2 is 1.93 bits per heavy atom. The van der Waals surface area contributed by atoms with Crippen molar-refractivity contribution in [2.24, 2.45) is 0 Å². The van der Waals surface area contributed by atoms with Gasteiger partial charge in [-0.05, 0) is 37.5 Å². The molecule has 0 aromatic heterocycles. The molecule has 1 N–H and O–H groups in total. The van der Waals surface area contributed by atoms with Crippen LogP contribution in [0.1, 0.15) is 23.1 Å². The Balaban J connectivity index is 3.04. The molecule has 0 fully saturated rings. The van der Waals surface area contributed by atoms with Gasteiger partial charge in [-0.3, -0.25) is 4.79 Å². The van der Waals surface area contributed by atoms with Crippen molar-refractivity contribution in [3.63, 3.8) is 0 Å². The number of carboxylic acids is 1. The van der Waals surface area contributed by atoms with Crippen LogP contribution in [-0.4, -0.2) is 11.1 Å². The third-order valence-electron chi connectivity index (χ3n) is 2.41. The Labute approximate surface area is 86.5 Å². The molecule has 0 saturated carbocycles. The number of benzene rings is 1. The monoisotopic (exact) mass is 214 g/mol. The number of halogens is 2. The quantitative estimate of drug-likeness (QED) is 0.839. The molecule has 0 radical (unpaired) electrons. The summed E-state index contributed by atoms with van der Waals surface area (Å²) in [5.74, 6) is -2.19. The Morgan fingerprint density at radius 3 is 2.47 bits per heavy atom. The summed E-state index contributed by atoms with van der Waals surface area (Å²) in [6.07, 6.45) is 0.0259. The third-order valence-corrected chi connectivity index (χ3v) is 2.41. The van der Waals surface area contributed by atoms with E-state index in [0.29, 0.717) is 11.1 Å².